The Hall–Kier alpha value is -2.38. The van der Waals surface area contributed by atoms with Gasteiger partial charge in [-0.15, -0.1) is 0 Å². The predicted molar refractivity (Wildman–Crippen MR) is 104 cm³/mol. The maximum absolute atomic E-state index is 12.5. The first-order valence-electron chi connectivity index (χ1n) is 8.81. The SMILES string of the molecule is CCC(C)C(NC(=O)C(CS)NC(=O)C(N)CO)C(=O)NC(CC(=O)O)C(=O)O. The van der Waals surface area contributed by atoms with E-state index in [1.54, 1.807) is 13.8 Å². The van der Waals surface area contributed by atoms with Crippen LogP contribution >= 0.6 is 12.6 Å². The number of carbonyl (C=O) groups is 5. The molecule has 166 valence electrons. The van der Waals surface area contributed by atoms with E-state index in [4.69, 9.17) is 21.1 Å². The molecular weight excluding hydrogens is 408 g/mol. The fourth-order valence-corrected chi connectivity index (χ4v) is 2.40. The van der Waals surface area contributed by atoms with Crippen LogP contribution in [0.5, 0.6) is 0 Å². The first-order valence-corrected chi connectivity index (χ1v) is 9.44. The average molecular weight is 436 g/mol. The molecule has 8 N–H and O–H groups in total. The molecule has 0 rings (SSSR count). The highest BCUT2D eigenvalue weighted by molar-refractivity contribution is 7.80. The number of carboxylic acid groups (broad SMARTS) is 2. The number of aliphatic carboxylic acids is 2. The molecule has 5 atom stereocenters. The zero-order valence-electron chi connectivity index (χ0n) is 16.1. The maximum atomic E-state index is 12.5. The predicted octanol–water partition coefficient (Wildman–Crippen LogP) is -2.70. The van der Waals surface area contributed by atoms with Gasteiger partial charge in [-0.05, 0) is 5.92 Å². The molecule has 29 heavy (non-hydrogen) atoms. The number of thiol groups is 1. The second-order valence-electron chi connectivity index (χ2n) is 6.40. The van der Waals surface area contributed by atoms with Gasteiger partial charge in [-0.2, -0.15) is 12.6 Å². The Kier molecular flexibility index (Phi) is 11.9. The standard InChI is InChI=1S/C16H28N4O8S/c1-3-7(2)12(15(26)18-9(16(27)28)4-11(22)23)20-14(25)10(6-29)19-13(24)8(17)5-21/h7-10,12,21,29H,3-6,17H2,1-2H3,(H,18,26)(H,19,24)(H,20,25)(H,22,23)(H,27,28). The summed E-state index contributed by atoms with van der Waals surface area (Å²) in [4.78, 5) is 58.7. The second-order valence-corrected chi connectivity index (χ2v) is 6.77. The first kappa shape index (κ1) is 26.6. The zero-order valence-corrected chi connectivity index (χ0v) is 17.0. The van der Waals surface area contributed by atoms with Crippen molar-refractivity contribution in [3.63, 3.8) is 0 Å². The second kappa shape index (κ2) is 13.0. The fraction of sp³-hybridized carbons (Fsp3) is 0.688. The summed E-state index contributed by atoms with van der Waals surface area (Å²) in [5, 5.41) is 33.6. The summed E-state index contributed by atoms with van der Waals surface area (Å²) in [6.45, 7) is 2.74. The molecule has 0 aromatic rings. The Morgan fingerprint density at radius 3 is 1.93 bits per heavy atom. The first-order chi connectivity index (χ1) is 13.5. The number of hydrogen-bond acceptors (Lipinski definition) is 8. The smallest absolute Gasteiger partial charge is 0.326 e. The van der Waals surface area contributed by atoms with Crippen molar-refractivity contribution >= 4 is 42.3 Å². The Labute approximate surface area is 173 Å². The summed E-state index contributed by atoms with van der Waals surface area (Å²) in [6, 6.07) is -5.27. The topological polar surface area (TPSA) is 208 Å². The molecule has 0 aliphatic heterocycles. The van der Waals surface area contributed by atoms with Crippen LogP contribution in [-0.4, -0.2) is 81.5 Å². The molecule has 0 aliphatic carbocycles. The van der Waals surface area contributed by atoms with Crippen molar-refractivity contribution in [3.05, 3.63) is 0 Å². The van der Waals surface area contributed by atoms with Gasteiger partial charge in [-0.1, -0.05) is 20.3 Å². The molecule has 0 bridgehead atoms. The molecule has 0 aromatic carbocycles. The van der Waals surface area contributed by atoms with Gasteiger partial charge >= 0.3 is 11.9 Å². The lowest BCUT2D eigenvalue weighted by atomic mass is 9.97. The normalized spacial score (nSPS) is 15.9. The molecule has 0 saturated carbocycles. The number of carboxylic acids is 2. The van der Waals surface area contributed by atoms with Gasteiger partial charge in [0.2, 0.25) is 17.7 Å². The highest BCUT2D eigenvalue weighted by Gasteiger charge is 2.33. The minimum atomic E-state index is -1.67. The summed E-state index contributed by atoms with van der Waals surface area (Å²) in [5.41, 5.74) is 5.38. The van der Waals surface area contributed by atoms with E-state index < -0.39 is 72.8 Å². The summed E-state index contributed by atoms with van der Waals surface area (Å²) >= 11 is 3.97. The van der Waals surface area contributed by atoms with E-state index in [0.29, 0.717) is 6.42 Å². The number of hydrogen-bond donors (Lipinski definition) is 8. The highest BCUT2D eigenvalue weighted by atomic mass is 32.1. The number of nitrogens with one attached hydrogen (secondary N) is 3. The third kappa shape index (κ3) is 9.11. The summed E-state index contributed by atoms with van der Waals surface area (Å²) in [5.74, 6) is -5.97. The number of nitrogens with two attached hydrogens (primary N) is 1. The number of rotatable bonds is 13. The lowest BCUT2D eigenvalue weighted by molar-refractivity contribution is -0.147. The van der Waals surface area contributed by atoms with Crippen LogP contribution in [0.4, 0.5) is 0 Å². The van der Waals surface area contributed by atoms with Crippen LogP contribution in [0.25, 0.3) is 0 Å². The van der Waals surface area contributed by atoms with Gasteiger partial charge < -0.3 is 37.0 Å². The van der Waals surface area contributed by atoms with Gasteiger partial charge in [0.25, 0.3) is 0 Å². The van der Waals surface area contributed by atoms with Crippen molar-refractivity contribution in [3.8, 4) is 0 Å². The van der Waals surface area contributed by atoms with Crippen molar-refractivity contribution in [2.24, 2.45) is 11.7 Å². The number of amides is 3. The van der Waals surface area contributed by atoms with Crippen molar-refractivity contribution in [2.75, 3.05) is 12.4 Å². The zero-order chi connectivity index (χ0) is 22.7. The Morgan fingerprint density at radius 2 is 1.52 bits per heavy atom. The van der Waals surface area contributed by atoms with Crippen molar-refractivity contribution in [1.29, 1.82) is 0 Å². The molecule has 0 saturated heterocycles. The van der Waals surface area contributed by atoms with E-state index in [0.717, 1.165) is 0 Å². The van der Waals surface area contributed by atoms with E-state index in [2.05, 4.69) is 28.6 Å². The number of aliphatic hydroxyl groups is 1. The molecule has 12 nitrogen and oxygen atoms in total. The molecule has 0 fully saturated rings. The summed E-state index contributed by atoms with van der Waals surface area (Å²) < 4.78 is 0. The average Bonchev–Trinajstić information content (AvgIpc) is 2.67. The van der Waals surface area contributed by atoms with E-state index in [1.807, 2.05) is 0 Å². The van der Waals surface area contributed by atoms with Crippen molar-refractivity contribution in [2.45, 2.75) is 50.9 Å². The molecule has 0 aliphatic rings. The molecule has 0 spiro atoms. The third-order valence-corrected chi connectivity index (χ3v) is 4.50. The molecule has 0 aromatic heterocycles. The monoisotopic (exact) mass is 436 g/mol. The largest absolute Gasteiger partial charge is 0.481 e. The van der Waals surface area contributed by atoms with E-state index in [9.17, 15) is 24.0 Å². The lowest BCUT2D eigenvalue weighted by Gasteiger charge is -2.27. The molecule has 3 amide bonds. The Bertz CT molecular complexity index is 618. The van der Waals surface area contributed by atoms with Gasteiger partial charge in [0, 0.05) is 5.75 Å². The molecule has 0 heterocycles. The number of carbonyl (C=O) groups excluding carboxylic acids is 3. The van der Waals surface area contributed by atoms with Gasteiger partial charge in [0.05, 0.1) is 13.0 Å². The fourth-order valence-electron chi connectivity index (χ4n) is 2.15. The molecule has 13 heteroatoms. The molecule has 0 radical (unpaired) electrons. The molecular formula is C16H28N4O8S. The third-order valence-electron chi connectivity index (χ3n) is 4.14. The summed E-state index contributed by atoms with van der Waals surface area (Å²) in [6.07, 6.45) is -0.404. The Balaban J connectivity index is 5.33. The van der Waals surface area contributed by atoms with Crippen LogP contribution in [0.15, 0.2) is 0 Å². The lowest BCUT2D eigenvalue weighted by Crippen LogP contribution is -2.59. The van der Waals surface area contributed by atoms with Gasteiger partial charge in [0.1, 0.15) is 24.2 Å². The van der Waals surface area contributed by atoms with Crippen molar-refractivity contribution in [1.82, 2.24) is 16.0 Å². The van der Waals surface area contributed by atoms with Crippen LogP contribution in [-0.2, 0) is 24.0 Å². The van der Waals surface area contributed by atoms with Crippen molar-refractivity contribution < 1.29 is 39.3 Å². The van der Waals surface area contributed by atoms with Crippen LogP contribution in [0.3, 0.4) is 0 Å². The van der Waals surface area contributed by atoms with Crippen LogP contribution < -0.4 is 21.7 Å². The minimum absolute atomic E-state index is 0.138. The van der Waals surface area contributed by atoms with E-state index in [-0.39, 0.29) is 5.75 Å². The highest BCUT2D eigenvalue weighted by Crippen LogP contribution is 2.10. The minimum Gasteiger partial charge on any atom is -0.481 e. The van der Waals surface area contributed by atoms with Crippen LogP contribution in [0.1, 0.15) is 26.7 Å². The van der Waals surface area contributed by atoms with E-state index in [1.165, 1.54) is 0 Å². The maximum Gasteiger partial charge on any atom is 0.326 e. The molecule has 5 unspecified atom stereocenters. The van der Waals surface area contributed by atoms with E-state index >= 15 is 0 Å². The van der Waals surface area contributed by atoms with Gasteiger partial charge in [-0.25, -0.2) is 4.79 Å². The van der Waals surface area contributed by atoms with Crippen LogP contribution in [0.2, 0.25) is 0 Å². The van der Waals surface area contributed by atoms with Gasteiger partial charge in [-0.3, -0.25) is 19.2 Å². The quantitative estimate of drug-likeness (QED) is 0.141. The Morgan fingerprint density at radius 1 is 0.966 bits per heavy atom. The van der Waals surface area contributed by atoms with Crippen LogP contribution in [0, 0.1) is 5.92 Å². The van der Waals surface area contributed by atoms with Gasteiger partial charge in [0.15, 0.2) is 0 Å². The summed E-state index contributed by atoms with van der Waals surface area (Å²) in [7, 11) is 0. The number of aliphatic hydroxyl groups excluding tert-OH is 1.